The van der Waals surface area contributed by atoms with E-state index >= 15 is 0 Å². The monoisotopic (exact) mass is 331 g/mol. The topological polar surface area (TPSA) is 38.1 Å². The predicted molar refractivity (Wildman–Crippen MR) is 98.8 cm³/mol. The molecule has 2 heterocycles. The number of nitrogens with zero attached hydrogens (tertiary/aromatic N) is 3. The molecule has 0 saturated heterocycles. The fourth-order valence-corrected chi connectivity index (χ4v) is 3.40. The number of hydrogen-bond acceptors (Lipinski definition) is 2. The van der Waals surface area contributed by atoms with Crippen molar-refractivity contribution < 1.29 is 4.79 Å². The minimum Gasteiger partial charge on any atom is -0.333 e. The molecule has 4 heteroatoms. The third-order valence-corrected chi connectivity index (χ3v) is 4.73. The van der Waals surface area contributed by atoms with Gasteiger partial charge in [0.05, 0.1) is 6.33 Å². The number of carbonyl (C=O) groups excluding carboxylic acids is 1. The van der Waals surface area contributed by atoms with E-state index in [0.29, 0.717) is 0 Å². The standard InChI is InChI=1S/C21H21N3O/c25-21(24-13-4-3-6-18-5-1-2-7-20(18)24)19-10-8-17(9-11-19)15-23-14-12-22-16-23/h1-2,5,7-12,14,16H,3-4,6,13,15H2. The van der Waals surface area contributed by atoms with Crippen molar-refractivity contribution in [1.29, 1.82) is 0 Å². The molecule has 0 unspecified atom stereocenters. The molecule has 0 aliphatic carbocycles. The molecular weight excluding hydrogens is 310 g/mol. The fourth-order valence-electron chi connectivity index (χ4n) is 3.40. The smallest absolute Gasteiger partial charge is 0.258 e. The number of carbonyl (C=O) groups is 1. The van der Waals surface area contributed by atoms with Crippen LogP contribution in [0.3, 0.4) is 0 Å². The summed E-state index contributed by atoms with van der Waals surface area (Å²) in [6, 6.07) is 16.2. The molecular formula is C21H21N3O. The lowest BCUT2D eigenvalue weighted by Crippen LogP contribution is -2.31. The van der Waals surface area contributed by atoms with Gasteiger partial charge in [-0.2, -0.15) is 0 Å². The van der Waals surface area contributed by atoms with E-state index in [1.54, 1.807) is 12.5 Å². The molecule has 0 atom stereocenters. The Labute approximate surface area is 147 Å². The highest BCUT2D eigenvalue weighted by atomic mass is 16.2. The average molecular weight is 331 g/mol. The van der Waals surface area contributed by atoms with Crippen LogP contribution in [0.4, 0.5) is 5.69 Å². The molecule has 25 heavy (non-hydrogen) atoms. The van der Waals surface area contributed by atoms with Crippen molar-refractivity contribution in [2.24, 2.45) is 0 Å². The van der Waals surface area contributed by atoms with Crippen molar-refractivity contribution in [3.8, 4) is 0 Å². The Morgan fingerprint density at radius 3 is 2.68 bits per heavy atom. The summed E-state index contributed by atoms with van der Waals surface area (Å²) in [6.45, 7) is 1.55. The zero-order chi connectivity index (χ0) is 17.1. The molecule has 0 saturated carbocycles. The molecule has 0 spiro atoms. The second kappa shape index (κ2) is 6.93. The number of para-hydroxylation sites is 1. The van der Waals surface area contributed by atoms with Crippen LogP contribution < -0.4 is 4.90 Å². The SMILES string of the molecule is O=C(c1ccc(Cn2ccnc2)cc1)N1CCCCc2ccccc21. The summed E-state index contributed by atoms with van der Waals surface area (Å²) in [4.78, 5) is 19.0. The van der Waals surface area contributed by atoms with Crippen molar-refractivity contribution in [2.45, 2.75) is 25.8 Å². The van der Waals surface area contributed by atoms with Gasteiger partial charge in [-0.15, -0.1) is 0 Å². The van der Waals surface area contributed by atoms with Crippen LogP contribution in [0.25, 0.3) is 0 Å². The van der Waals surface area contributed by atoms with Gasteiger partial charge in [0.15, 0.2) is 0 Å². The maximum Gasteiger partial charge on any atom is 0.258 e. The van der Waals surface area contributed by atoms with E-state index in [2.05, 4.69) is 23.2 Å². The molecule has 0 radical (unpaired) electrons. The average Bonchev–Trinajstić information content (AvgIpc) is 3.06. The van der Waals surface area contributed by atoms with Crippen LogP contribution >= 0.6 is 0 Å². The minimum atomic E-state index is 0.0866. The highest BCUT2D eigenvalue weighted by Gasteiger charge is 2.21. The molecule has 0 fully saturated rings. The van der Waals surface area contributed by atoms with Gasteiger partial charge in [0.2, 0.25) is 0 Å². The number of hydrogen-bond donors (Lipinski definition) is 0. The fraction of sp³-hybridized carbons (Fsp3) is 0.238. The van der Waals surface area contributed by atoms with Gasteiger partial charge in [0.25, 0.3) is 5.91 Å². The maximum atomic E-state index is 13.1. The molecule has 0 bridgehead atoms. The first-order chi connectivity index (χ1) is 12.3. The number of aryl methyl sites for hydroxylation is 1. The Hall–Kier alpha value is -2.88. The zero-order valence-corrected chi connectivity index (χ0v) is 14.1. The lowest BCUT2D eigenvalue weighted by atomic mass is 10.1. The summed E-state index contributed by atoms with van der Waals surface area (Å²) in [5, 5.41) is 0. The van der Waals surface area contributed by atoms with Gasteiger partial charge >= 0.3 is 0 Å². The highest BCUT2D eigenvalue weighted by Crippen LogP contribution is 2.27. The Balaban J connectivity index is 1.56. The van der Waals surface area contributed by atoms with Crippen LogP contribution in [0.15, 0.2) is 67.3 Å². The number of imidazole rings is 1. The molecule has 1 aromatic heterocycles. The number of benzene rings is 2. The largest absolute Gasteiger partial charge is 0.333 e. The molecule has 126 valence electrons. The Morgan fingerprint density at radius 2 is 1.88 bits per heavy atom. The summed E-state index contributed by atoms with van der Waals surface area (Å²) in [5.74, 6) is 0.0866. The van der Waals surface area contributed by atoms with E-state index in [9.17, 15) is 4.79 Å². The van der Waals surface area contributed by atoms with Crippen molar-refractivity contribution in [3.05, 3.63) is 83.9 Å². The number of anilines is 1. The van der Waals surface area contributed by atoms with E-state index in [4.69, 9.17) is 0 Å². The van der Waals surface area contributed by atoms with E-state index in [1.807, 2.05) is 46.0 Å². The predicted octanol–water partition coefficient (Wildman–Crippen LogP) is 3.91. The van der Waals surface area contributed by atoms with E-state index in [0.717, 1.165) is 49.2 Å². The van der Waals surface area contributed by atoms with Crippen molar-refractivity contribution in [2.75, 3.05) is 11.4 Å². The molecule has 2 aromatic carbocycles. The van der Waals surface area contributed by atoms with Gasteiger partial charge in [0, 0.05) is 36.7 Å². The third-order valence-electron chi connectivity index (χ3n) is 4.73. The number of rotatable bonds is 3. The second-order valence-electron chi connectivity index (χ2n) is 6.47. The quantitative estimate of drug-likeness (QED) is 0.730. The van der Waals surface area contributed by atoms with Crippen molar-refractivity contribution >= 4 is 11.6 Å². The highest BCUT2D eigenvalue weighted by molar-refractivity contribution is 6.06. The molecule has 3 aromatic rings. The summed E-state index contributed by atoms with van der Waals surface area (Å²) >= 11 is 0. The summed E-state index contributed by atoms with van der Waals surface area (Å²) in [6.07, 6.45) is 8.72. The Kier molecular flexibility index (Phi) is 4.34. The first kappa shape index (κ1) is 15.6. The number of amides is 1. The van der Waals surface area contributed by atoms with Crippen molar-refractivity contribution in [1.82, 2.24) is 9.55 Å². The van der Waals surface area contributed by atoms with Crippen LogP contribution in [-0.2, 0) is 13.0 Å². The molecule has 1 aliphatic rings. The van der Waals surface area contributed by atoms with Gasteiger partial charge in [-0.25, -0.2) is 4.98 Å². The first-order valence-corrected chi connectivity index (χ1v) is 8.76. The molecule has 1 amide bonds. The third kappa shape index (κ3) is 3.33. The normalized spacial score (nSPS) is 14.0. The van der Waals surface area contributed by atoms with Gasteiger partial charge in [0.1, 0.15) is 0 Å². The lowest BCUT2D eigenvalue weighted by Gasteiger charge is -2.23. The van der Waals surface area contributed by atoms with Crippen LogP contribution in [0, 0.1) is 0 Å². The van der Waals surface area contributed by atoms with E-state index in [-0.39, 0.29) is 5.91 Å². The van der Waals surface area contributed by atoms with Crippen LogP contribution in [0.1, 0.15) is 34.3 Å². The van der Waals surface area contributed by atoms with Gasteiger partial charge in [-0.1, -0.05) is 30.3 Å². The number of aromatic nitrogens is 2. The molecule has 4 rings (SSSR count). The van der Waals surface area contributed by atoms with Crippen LogP contribution in [0.5, 0.6) is 0 Å². The summed E-state index contributed by atoms with van der Waals surface area (Å²) < 4.78 is 2.02. The van der Waals surface area contributed by atoms with E-state index < -0.39 is 0 Å². The van der Waals surface area contributed by atoms with Gasteiger partial charge in [-0.05, 0) is 48.6 Å². The molecule has 0 N–H and O–H groups in total. The minimum absolute atomic E-state index is 0.0866. The molecule has 1 aliphatic heterocycles. The maximum absolute atomic E-state index is 13.1. The van der Waals surface area contributed by atoms with E-state index in [1.165, 1.54) is 5.56 Å². The first-order valence-electron chi connectivity index (χ1n) is 8.76. The lowest BCUT2D eigenvalue weighted by molar-refractivity contribution is 0.0987. The van der Waals surface area contributed by atoms with Crippen LogP contribution in [0.2, 0.25) is 0 Å². The van der Waals surface area contributed by atoms with Crippen LogP contribution in [-0.4, -0.2) is 22.0 Å². The second-order valence-corrected chi connectivity index (χ2v) is 6.47. The Bertz CT molecular complexity index is 853. The summed E-state index contributed by atoms with van der Waals surface area (Å²) in [5.41, 5.74) is 4.23. The zero-order valence-electron chi connectivity index (χ0n) is 14.1. The number of fused-ring (bicyclic) bond motifs is 1. The van der Waals surface area contributed by atoms with Gasteiger partial charge < -0.3 is 9.47 Å². The molecule has 4 nitrogen and oxygen atoms in total. The van der Waals surface area contributed by atoms with Gasteiger partial charge in [-0.3, -0.25) is 4.79 Å². The summed E-state index contributed by atoms with van der Waals surface area (Å²) in [7, 11) is 0. The Morgan fingerprint density at radius 1 is 1.04 bits per heavy atom. The van der Waals surface area contributed by atoms with Crippen molar-refractivity contribution in [3.63, 3.8) is 0 Å².